The van der Waals surface area contributed by atoms with Gasteiger partial charge in [-0.3, -0.25) is 0 Å². The Morgan fingerprint density at radius 3 is 0.960 bits per heavy atom. The summed E-state index contributed by atoms with van der Waals surface area (Å²) in [5.74, 6) is 4.03. The van der Waals surface area contributed by atoms with Gasteiger partial charge in [0.15, 0.2) is 0 Å². The van der Waals surface area contributed by atoms with Crippen LogP contribution in [0.25, 0.3) is 0 Å². The zero-order valence-corrected chi connectivity index (χ0v) is 16.3. The quantitative estimate of drug-likeness (QED) is 0.669. The molecule has 7 heteroatoms. The molecule has 0 unspecified atom stereocenters. The molecule has 136 valence electrons. The van der Waals surface area contributed by atoms with Crippen LogP contribution in [0.5, 0.6) is 34.5 Å². The zero-order chi connectivity index (χ0) is 18.4. The van der Waals surface area contributed by atoms with Crippen LogP contribution in [0.3, 0.4) is 0 Å². The fourth-order valence-electron chi connectivity index (χ4n) is 2.38. The van der Waals surface area contributed by atoms with Crippen molar-refractivity contribution in [2.45, 2.75) is 0 Å². The van der Waals surface area contributed by atoms with Gasteiger partial charge in [-0.25, -0.2) is 0 Å². The summed E-state index contributed by atoms with van der Waals surface area (Å²) in [6.45, 7) is 0. The molecule has 0 bridgehead atoms. The van der Waals surface area contributed by atoms with E-state index >= 15 is 0 Å². The molecule has 2 rings (SSSR count). The van der Waals surface area contributed by atoms with E-state index < -0.39 is 0 Å². The standard InChI is InChI=1S/C18H23O6P/c1-19-11-7-13(21-3)17(14(8-11)22-4)25-18-15(23-5)9-12(20-2)10-16(18)24-6/h7-10,25H,1-6H3. The van der Waals surface area contributed by atoms with Crippen molar-refractivity contribution in [3.8, 4) is 34.5 Å². The lowest BCUT2D eigenvalue weighted by Gasteiger charge is -2.18. The van der Waals surface area contributed by atoms with E-state index in [0.717, 1.165) is 10.6 Å². The molecular weight excluding hydrogens is 343 g/mol. The summed E-state index contributed by atoms with van der Waals surface area (Å²) < 4.78 is 32.7. The molecule has 0 saturated carbocycles. The molecule has 0 aliphatic rings. The van der Waals surface area contributed by atoms with E-state index in [4.69, 9.17) is 28.4 Å². The number of hydrogen-bond acceptors (Lipinski definition) is 6. The predicted molar refractivity (Wildman–Crippen MR) is 99.8 cm³/mol. The van der Waals surface area contributed by atoms with Crippen molar-refractivity contribution >= 4 is 19.2 Å². The predicted octanol–water partition coefficient (Wildman–Crippen LogP) is 2.37. The van der Waals surface area contributed by atoms with Gasteiger partial charge < -0.3 is 28.4 Å². The zero-order valence-electron chi connectivity index (χ0n) is 15.3. The second-order valence-electron chi connectivity index (χ2n) is 4.94. The Kier molecular flexibility index (Phi) is 6.59. The number of rotatable bonds is 8. The van der Waals surface area contributed by atoms with Crippen LogP contribution in [-0.2, 0) is 0 Å². The lowest BCUT2D eigenvalue weighted by atomic mass is 10.3. The van der Waals surface area contributed by atoms with Crippen molar-refractivity contribution < 1.29 is 28.4 Å². The summed E-state index contributed by atoms with van der Waals surface area (Å²) in [6, 6.07) is 7.31. The average Bonchev–Trinajstić information content (AvgIpc) is 2.67. The van der Waals surface area contributed by atoms with Crippen LogP contribution in [0, 0.1) is 0 Å². The summed E-state index contributed by atoms with van der Waals surface area (Å²) in [6.07, 6.45) is 0. The molecule has 0 heterocycles. The van der Waals surface area contributed by atoms with Crippen LogP contribution in [0.1, 0.15) is 0 Å². The first kappa shape index (κ1) is 19.0. The Bertz CT molecular complexity index is 620. The summed E-state index contributed by atoms with van der Waals surface area (Å²) in [4.78, 5) is 0. The van der Waals surface area contributed by atoms with Gasteiger partial charge in [0, 0.05) is 24.3 Å². The van der Waals surface area contributed by atoms with Crippen molar-refractivity contribution in [1.82, 2.24) is 0 Å². The Labute approximate surface area is 149 Å². The summed E-state index contributed by atoms with van der Waals surface area (Å²) in [5.41, 5.74) is 0. The van der Waals surface area contributed by atoms with Crippen LogP contribution >= 0.6 is 8.58 Å². The van der Waals surface area contributed by atoms with E-state index in [9.17, 15) is 0 Å². The van der Waals surface area contributed by atoms with Crippen molar-refractivity contribution in [3.05, 3.63) is 24.3 Å². The molecule has 2 aromatic carbocycles. The number of benzene rings is 2. The highest BCUT2D eigenvalue weighted by molar-refractivity contribution is 7.56. The van der Waals surface area contributed by atoms with E-state index in [2.05, 4.69) is 0 Å². The minimum Gasteiger partial charge on any atom is -0.496 e. The van der Waals surface area contributed by atoms with Crippen LogP contribution < -0.4 is 39.0 Å². The summed E-state index contributed by atoms with van der Waals surface area (Å²) >= 11 is 0. The molecular formula is C18H23O6P. The molecule has 0 aromatic heterocycles. The van der Waals surface area contributed by atoms with Crippen molar-refractivity contribution in [2.24, 2.45) is 0 Å². The second kappa shape index (κ2) is 8.67. The van der Waals surface area contributed by atoms with E-state index in [1.165, 1.54) is 0 Å². The van der Waals surface area contributed by atoms with E-state index in [1.54, 1.807) is 42.7 Å². The van der Waals surface area contributed by atoms with E-state index in [-0.39, 0.29) is 8.58 Å². The highest BCUT2D eigenvalue weighted by Crippen LogP contribution is 2.37. The molecule has 0 fully saturated rings. The number of hydrogen-bond donors (Lipinski definition) is 0. The maximum Gasteiger partial charge on any atom is 0.134 e. The normalized spacial score (nSPS) is 10.2. The van der Waals surface area contributed by atoms with Crippen molar-refractivity contribution in [2.75, 3.05) is 42.7 Å². The minimum absolute atomic E-state index is 0.184. The maximum atomic E-state index is 5.54. The highest BCUT2D eigenvalue weighted by Gasteiger charge is 2.20. The third-order valence-corrected chi connectivity index (χ3v) is 5.17. The fourth-order valence-corrected chi connectivity index (χ4v) is 3.82. The van der Waals surface area contributed by atoms with Crippen LogP contribution in [-0.4, -0.2) is 42.7 Å². The van der Waals surface area contributed by atoms with Crippen LogP contribution in [0.2, 0.25) is 0 Å². The van der Waals surface area contributed by atoms with Crippen molar-refractivity contribution in [1.29, 1.82) is 0 Å². The Balaban J connectivity index is 2.59. The molecule has 0 spiro atoms. The summed E-state index contributed by atoms with van der Waals surface area (Å²) in [7, 11) is 9.85. The highest BCUT2D eigenvalue weighted by atomic mass is 31.1. The number of methoxy groups -OCH3 is 6. The van der Waals surface area contributed by atoms with Gasteiger partial charge in [0.05, 0.1) is 53.3 Å². The molecule has 0 aliphatic heterocycles. The molecule has 2 aromatic rings. The van der Waals surface area contributed by atoms with Gasteiger partial charge in [-0.05, 0) is 8.58 Å². The first-order valence-electron chi connectivity index (χ1n) is 7.48. The maximum absolute atomic E-state index is 5.54. The fraction of sp³-hybridized carbons (Fsp3) is 0.333. The lowest BCUT2D eigenvalue weighted by Crippen LogP contribution is -2.14. The van der Waals surface area contributed by atoms with Gasteiger partial charge in [0.1, 0.15) is 34.5 Å². The topological polar surface area (TPSA) is 55.4 Å². The third-order valence-electron chi connectivity index (χ3n) is 3.68. The van der Waals surface area contributed by atoms with E-state index in [1.807, 2.05) is 24.3 Å². The molecule has 6 nitrogen and oxygen atoms in total. The second-order valence-corrected chi connectivity index (χ2v) is 6.19. The molecule has 0 saturated heterocycles. The largest absolute Gasteiger partial charge is 0.496 e. The smallest absolute Gasteiger partial charge is 0.134 e. The van der Waals surface area contributed by atoms with Gasteiger partial charge in [0.2, 0.25) is 0 Å². The molecule has 0 N–H and O–H groups in total. The Hall–Kier alpha value is -2.33. The molecule has 0 amide bonds. The molecule has 0 radical (unpaired) electrons. The monoisotopic (exact) mass is 366 g/mol. The molecule has 0 atom stereocenters. The van der Waals surface area contributed by atoms with Gasteiger partial charge in [-0.15, -0.1) is 0 Å². The first-order valence-corrected chi connectivity index (χ1v) is 8.48. The summed E-state index contributed by atoms with van der Waals surface area (Å²) in [5, 5.41) is 1.79. The molecule has 25 heavy (non-hydrogen) atoms. The first-order chi connectivity index (χ1) is 12.1. The lowest BCUT2D eigenvalue weighted by molar-refractivity contribution is 0.379. The van der Waals surface area contributed by atoms with Gasteiger partial charge in [-0.1, -0.05) is 0 Å². The SMILES string of the molecule is COc1cc(OC)c(Pc2c(OC)cc(OC)cc2OC)c(OC)c1. The van der Waals surface area contributed by atoms with Crippen LogP contribution in [0.4, 0.5) is 0 Å². The average molecular weight is 366 g/mol. The Morgan fingerprint density at radius 2 is 0.760 bits per heavy atom. The molecule has 0 aliphatic carbocycles. The van der Waals surface area contributed by atoms with Gasteiger partial charge >= 0.3 is 0 Å². The van der Waals surface area contributed by atoms with E-state index in [0.29, 0.717) is 34.5 Å². The van der Waals surface area contributed by atoms with Crippen molar-refractivity contribution in [3.63, 3.8) is 0 Å². The van der Waals surface area contributed by atoms with Gasteiger partial charge in [-0.2, -0.15) is 0 Å². The van der Waals surface area contributed by atoms with Gasteiger partial charge in [0.25, 0.3) is 0 Å². The third kappa shape index (κ3) is 4.02. The minimum atomic E-state index is 0.184. The number of ether oxygens (including phenoxy) is 6. The van der Waals surface area contributed by atoms with Crippen LogP contribution in [0.15, 0.2) is 24.3 Å². The Morgan fingerprint density at radius 1 is 0.480 bits per heavy atom.